The zero-order valence-corrected chi connectivity index (χ0v) is 16.3. The molecule has 26 heavy (non-hydrogen) atoms. The number of ether oxygens (including phenoxy) is 1. The van der Waals surface area contributed by atoms with Crippen molar-refractivity contribution in [3.63, 3.8) is 0 Å². The summed E-state index contributed by atoms with van der Waals surface area (Å²) in [4.78, 5) is 12.4. The summed E-state index contributed by atoms with van der Waals surface area (Å²) in [6.07, 6.45) is 1.04. The van der Waals surface area contributed by atoms with Crippen molar-refractivity contribution < 1.29 is 17.9 Å². The summed E-state index contributed by atoms with van der Waals surface area (Å²) in [5.41, 5.74) is 1.22. The maximum atomic E-state index is 12.4. The maximum absolute atomic E-state index is 12.4. The molecule has 1 amide bonds. The highest BCUT2D eigenvalue weighted by molar-refractivity contribution is 7.92. The lowest BCUT2D eigenvalue weighted by atomic mass is 10.1. The highest BCUT2D eigenvalue weighted by Gasteiger charge is 2.22. The predicted molar refractivity (Wildman–Crippen MR) is 103 cm³/mol. The van der Waals surface area contributed by atoms with Gasteiger partial charge in [0.05, 0.1) is 30.1 Å². The first-order chi connectivity index (χ1) is 12.2. The fourth-order valence-corrected chi connectivity index (χ4v) is 3.55. The number of sulfonamides is 1. The lowest BCUT2D eigenvalue weighted by molar-refractivity contribution is -0.120. The molecule has 1 atom stereocenters. The number of benzene rings is 2. The molecule has 0 aromatic heterocycles. The van der Waals surface area contributed by atoms with Gasteiger partial charge in [0.2, 0.25) is 15.9 Å². The van der Waals surface area contributed by atoms with Crippen molar-refractivity contribution >= 4 is 33.2 Å². The van der Waals surface area contributed by atoms with E-state index in [1.54, 1.807) is 12.1 Å². The first kappa shape index (κ1) is 20.1. The van der Waals surface area contributed by atoms with Crippen LogP contribution in [0, 0.1) is 0 Å². The second kappa shape index (κ2) is 8.42. The zero-order valence-electron chi connectivity index (χ0n) is 14.8. The van der Waals surface area contributed by atoms with Gasteiger partial charge in [0, 0.05) is 0 Å². The topological polar surface area (TPSA) is 75.7 Å². The molecular formula is C18H21ClN2O4S. The van der Waals surface area contributed by atoms with E-state index in [2.05, 4.69) is 5.32 Å². The van der Waals surface area contributed by atoms with Crippen LogP contribution in [0.3, 0.4) is 0 Å². The van der Waals surface area contributed by atoms with Gasteiger partial charge in [-0.15, -0.1) is 0 Å². The lowest BCUT2D eigenvalue weighted by Gasteiger charge is -2.23. The molecule has 0 unspecified atom stereocenters. The summed E-state index contributed by atoms with van der Waals surface area (Å²) in [6, 6.07) is 13.7. The Kier molecular flexibility index (Phi) is 6.50. The van der Waals surface area contributed by atoms with Crippen LogP contribution in [-0.2, 0) is 14.8 Å². The van der Waals surface area contributed by atoms with Gasteiger partial charge in [-0.1, -0.05) is 41.9 Å². The van der Waals surface area contributed by atoms with E-state index in [0.29, 0.717) is 11.4 Å². The Labute approximate surface area is 158 Å². The minimum atomic E-state index is -3.68. The zero-order chi connectivity index (χ0) is 19.3. The quantitative estimate of drug-likeness (QED) is 0.780. The Morgan fingerprint density at radius 2 is 1.88 bits per heavy atom. The molecule has 6 nitrogen and oxygen atoms in total. The third-order valence-corrected chi connectivity index (χ3v) is 5.22. The third-order valence-electron chi connectivity index (χ3n) is 3.79. The van der Waals surface area contributed by atoms with E-state index >= 15 is 0 Å². The Bertz CT molecular complexity index is 872. The van der Waals surface area contributed by atoms with Gasteiger partial charge in [0.15, 0.2) is 0 Å². The molecule has 2 aromatic rings. The first-order valence-corrected chi connectivity index (χ1v) is 10.1. The van der Waals surface area contributed by atoms with Crippen molar-refractivity contribution in [2.75, 3.05) is 24.2 Å². The standard InChI is InChI=1S/C18H21ClN2O4S/c1-13(14-7-5-4-6-8-14)20-18(22)12-21(26(3,23)24)15-9-10-17(25-2)16(19)11-15/h4-11,13H,12H2,1-3H3,(H,20,22)/t13-/m0/s1. The second-order valence-corrected chi connectivity index (χ2v) is 8.10. The molecule has 0 heterocycles. The summed E-state index contributed by atoms with van der Waals surface area (Å²) < 4.78 is 30.4. The van der Waals surface area contributed by atoms with Crippen LogP contribution in [0.15, 0.2) is 48.5 Å². The molecule has 8 heteroatoms. The smallest absolute Gasteiger partial charge is 0.241 e. The van der Waals surface area contributed by atoms with E-state index in [0.717, 1.165) is 16.1 Å². The summed E-state index contributed by atoms with van der Waals surface area (Å²) in [5, 5.41) is 3.06. The largest absolute Gasteiger partial charge is 0.495 e. The molecule has 1 N–H and O–H groups in total. The third kappa shape index (κ3) is 5.12. The van der Waals surface area contributed by atoms with Crippen molar-refractivity contribution in [2.45, 2.75) is 13.0 Å². The molecule has 0 radical (unpaired) electrons. The van der Waals surface area contributed by atoms with Crippen LogP contribution >= 0.6 is 11.6 Å². The molecule has 2 aromatic carbocycles. The second-order valence-electron chi connectivity index (χ2n) is 5.79. The van der Waals surface area contributed by atoms with Crippen molar-refractivity contribution in [3.05, 3.63) is 59.1 Å². The van der Waals surface area contributed by atoms with Gasteiger partial charge >= 0.3 is 0 Å². The fourth-order valence-electron chi connectivity index (χ4n) is 2.45. The van der Waals surface area contributed by atoms with Crippen LogP contribution in [0.1, 0.15) is 18.5 Å². The Morgan fingerprint density at radius 3 is 2.42 bits per heavy atom. The highest BCUT2D eigenvalue weighted by atomic mass is 35.5. The first-order valence-electron chi connectivity index (χ1n) is 7.88. The van der Waals surface area contributed by atoms with Crippen molar-refractivity contribution in [3.8, 4) is 5.75 Å². The van der Waals surface area contributed by atoms with E-state index in [1.165, 1.54) is 13.2 Å². The number of carbonyl (C=O) groups excluding carboxylic acids is 1. The van der Waals surface area contributed by atoms with E-state index in [9.17, 15) is 13.2 Å². The summed E-state index contributed by atoms with van der Waals surface area (Å²) >= 11 is 6.08. The van der Waals surface area contributed by atoms with Gasteiger partial charge in [-0.3, -0.25) is 9.10 Å². The van der Waals surface area contributed by atoms with Crippen LogP contribution in [0.4, 0.5) is 5.69 Å². The number of hydrogen-bond acceptors (Lipinski definition) is 4. The average Bonchev–Trinajstić information content (AvgIpc) is 2.59. The molecule has 0 saturated carbocycles. The van der Waals surface area contributed by atoms with Crippen molar-refractivity contribution in [1.29, 1.82) is 0 Å². The molecule has 0 aliphatic carbocycles. The summed E-state index contributed by atoms with van der Waals surface area (Å²) in [5.74, 6) is 0.00439. The van der Waals surface area contributed by atoms with Gasteiger partial charge in [-0.2, -0.15) is 0 Å². The molecule has 2 rings (SSSR count). The van der Waals surface area contributed by atoms with Gasteiger partial charge in [-0.25, -0.2) is 8.42 Å². The summed E-state index contributed by atoms with van der Waals surface area (Å²) in [6.45, 7) is 1.49. The van der Waals surface area contributed by atoms with E-state index < -0.39 is 15.9 Å². The Hall–Kier alpha value is -2.25. The SMILES string of the molecule is COc1ccc(N(CC(=O)N[C@@H](C)c2ccccc2)S(C)(=O)=O)cc1Cl. The van der Waals surface area contributed by atoms with Gasteiger partial charge < -0.3 is 10.1 Å². The number of carbonyl (C=O) groups is 1. The molecule has 0 aliphatic heterocycles. The normalized spacial score (nSPS) is 12.3. The highest BCUT2D eigenvalue weighted by Crippen LogP contribution is 2.30. The van der Waals surface area contributed by atoms with Gasteiger partial charge in [0.1, 0.15) is 12.3 Å². The number of rotatable bonds is 7. The number of amides is 1. The van der Waals surface area contributed by atoms with Gasteiger partial charge in [0.25, 0.3) is 0 Å². The predicted octanol–water partition coefficient (Wildman–Crippen LogP) is 2.99. The number of anilines is 1. The lowest BCUT2D eigenvalue weighted by Crippen LogP contribution is -2.41. The molecule has 0 bridgehead atoms. The van der Waals surface area contributed by atoms with Crippen LogP contribution in [0.25, 0.3) is 0 Å². The van der Waals surface area contributed by atoms with E-state index in [1.807, 2.05) is 37.3 Å². The van der Waals surface area contributed by atoms with Crippen LogP contribution < -0.4 is 14.4 Å². The summed E-state index contributed by atoms with van der Waals surface area (Å²) in [7, 11) is -2.21. The van der Waals surface area contributed by atoms with Crippen molar-refractivity contribution in [1.82, 2.24) is 5.32 Å². The maximum Gasteiger partial charge on any atom is 0.241 e. The Morgan fingerprint density at radius 1 is 1.23 bits per heavy atom. The van der Waals surface area contributed by atoms with Crippen LogP contribution in [0.2, 0.25) is 5.02 Å². The number of hydrogen-bond donors (Lipinski definition) is 1. The van der Waals surface area contributed by atoms with Crippen molar-refractivity contribution in [2.24, 2.45) is 0 Å². The minimum Gasteiger partial charge on any atom is -0.495 e. The average molecular weight is 397 g/mol. The molecule has 140 valence electrons. The van der Waals surface area contributed by atoms with Crippen LogP contribution in [0.5, 0.6) is 5.75 Å². The van der Waals surface area contributed by atoms with Crippen LogP contribution in [-0.4, -0.2) is 34.2 Å². The molecule has 0 aliphatic rings. The molecule has 0 spiro atoms. The van der Waals surface area contributed by atoms with Gasteiger partial charge in [-0.05, 0) is 30.7 Å². The minimum absolute atomic E-state index is 0.246. The fraction of sp³-hybridized carbons (Fsp3) is 0.278. The van der Waals surface area contributed by atoms with E-state index in [-0.39, 0.29) is 17.6 Å². The van der Waals surface area contributed by atoms with E-state index in [4.69, 9.17) is 16.3 Å². The monoisotopic (exact) mass is 396 g/mol. The Balaban J connectivity index is 2.18. The molecular weight excluding hydrogens is 376 g/mol. The molecule has 0 saturated heterocycles. The number of nitrogens with one attached hydrogen (secondary N) is 1. The number of nitrogens with zero attached hydrogens (tertiary/aromatic N) is 1. The molecule has 0 fully saturated rings. The number of halogens is 1. The number of methoxy groups -OCH3 is 1.